The van der Waals surface area contributed by atoms with Crippen molar-refractivity contribution in [1.29, 1.82) is 0 Å². The molecule has 0 saturated heterocycles. The molecule has 0 N–H and O–H groups in total. The molecule has 0 saturated carbocycles. The standard InChI is InChI=1S/C12H14F4O/c1-11(2,3)7-8-4-9(13)6-10(5-8)17-12(14,15)16/h4-6H,7H2,1-3H3. The van der Waals surface area contributed by atoms with Crippen LogP contribution in [0, 0.1) is 11.2 Å². The molecule has 17 heavy (non-hydrogen) atoms. The van der Waals surface area contributed by atoms with Crippen molar-refractivity contribution in [3.05, 3.63) is 29.6 Å². The van der Waals surface area contributed by atoms with E-state index in [2.05, 4.69) is 4.74 Å². The van der Waals surface area contributed by atoms with Gasteiger partial charge >= 0.3 is 6.36 Å². The van der Waals surface area contributed by atoms with Crippen LogP contribution in [0.1, 0.15) is 26.3 Å². The second-order valence-electron chi connectivity index (χ2n) is 5.08. The molecule has 0 amide bonds. The first-order valence-corrected chi connectivity index (χ1v) is 5.10. The number of rotatable bonds is 2. The van der Waals surface area contributed by atoms with E-state index in [9.17, 15) is 17.6 Å². The van der Waals surface area contributed by atoms with Crippen molar-refractivity contribution >= 4 is 0 Å². The van der Waals surface area contributed by atoms with Gasteiger partial charge in [-0.05, 0) is 29.5 Å². The number of ether oxygens (including phenoxy) is 1. The SMILES string of the molecule is CC(C)(C)Cc1cc(F)cc(OC(F)(F)F)c1. The Labute approximate surface area is 97.4 Å². The van der Waals surface area contributed by atoms with Gasteiger partial charge in [0.2, 0.25) is 0 Å². The van der Waals surface area contributed by atoms with E-state index in [1.54, 1.807) is 0 Å². The number of hydrogen-bond acceptors (Lipinski definition) is 1. The topological polar surface area (TPSA) is 9.23 Å². The van der Waals surface area contributed by atoms with Gasteiger partial charge in [0, 0.05) is 6.07 Å². The molecule has 0 radical (unpaired) electrons. The Hall–Kier alpha value is -1.26. The van der Waals surface area contributed by atoms with E-state index in [1.165, 1.54) is 12.1 Å². The molecule has 1 aromatic carbocycles. The summed E-state index contributed by atoms with van der Waals surface area (Å²) in [6, 6.07) is 3.15. The summed E-state index contributed by atoms with van der Waals surface area (Å²) in [5.41, 5.74) is 0.347. The Bertz CT molecular complexity index is 356. The molecule has 0 atom stereocenters. The van der Waals surface area contributed by atoms with Crippen molar-refractivity contribution < 1.29 is 22.3 Å². The Morgan fingerprint density at radius 3 is 2.12 bits per heavy atom. The van der Waals surface area contributed by atoms with Crippen LogP contribution in [-0.2, 0) is 6.42 Å². The predicted octanol–water partition coefficient (Wildman–Crippen LogP) is 4.31. The van der Waals surface area contributed by atoms with Crippen LogP contribution in [0.4, 0.5) is 17.6 Å². The van der Waals surface area contributed by atoms with Crippen molar-refractivity contribution in [1.82, 2.24) is 0 Å². The predicted molar refractivity (Wildman–Crippen MR) is 56.2 cm³/mol. The molecule has 5 heteroatoms. The highest BCUT2D eigenvalue weighted by Crippen LogP contribution is 2.27. The summed E-state index contributed by atoms with van der Waals surface area (Å²) in [5.74, 6) is -1.25. The maximum absolute atomic E-state index is 13.1. The summed E-state index contributed by atoms with van der Waals surface area (Å²) in [6.07, 6.45) is -4.33. The van der Waals surface area contributed by atoms with Crippen LogP contribution in [-0.4, -0.2) is 6.36 Å². The average molecular weight is 250 g/mol. The van der Waals surface area contributed by atoms with E-state index >= 15 is 0 Å². The number of alkyl halides is 3. The van der Waals surface area contributed by atoms with Crippen LogP contribution < -0.4 is 4.74 Å². The van der Waals surface area contributed by atoms with Gasteiger partial charge in [-0.3, -0.25) is 0 Å². The Kier molecular flexibility index (Phi) is 3.69. The van der Waals surface area contributed by atoms with Crippen LogP contribution in [0.5, 0.6) is 5.75 Å². The van der Waals surface area contributed by atoms with E-state index < -0.39 is 17.9 Å². The molecule has 0 bridgehead atoms. The third-order valence-corrected chi connectivity index (χ3v) is 1.90. The second-order valence-corrected chi connectivity index (χ2v) is 5.08. The van der Waals surface area contributed by atoms with E-state index in [0.717, 1.165) is 6.07 Å². The molecular formula is C12H14F4O. The van der Waals surface area contributed by atoms with Gasteiger partial charge in [-0.25, -0.2) is 4.39 Å². The highest BCUT2D eigenvalue weighted by Gasteiger charge is 2.31. The molecule has 0 aliphatic rings. The largest absolute Gasteiger partial charge is 0.573 e. The summed E-state index contributed by atoms with van der Waals surface area (Å²) in [4.78, 5) is 0. The first-order valence-electron chi connectivity index (χ1n) is 5.10. The molecule has 1 rings (SSSR count). The lowest BCUT2D eigenvalue weighted by Crippen LogP contribution is -2.17. The minimum atomic E-state index is -4.80. The van der Waals surface area contributed by atoms with Gasteiger partial charge in [-0.1, -0.05) is 20.8 Å². The fourth-order valence-corrected chi connectivity index (χ4v) is 1.53. The Balaban J connectivity index is 2.95. The molecule has 0 aliphatic carbocycles. The van der Waals surface area contributed by atoms with Crippen LogP contribution in [0.3, 0.4) is 0 Å². The van der Waals surface area contributed by atoms with Gasteiger partial charge in [-0.2, -0.15) is 0 Å². The number of hydrogen-bond donors (Lipinski definition) is 0. The molecule has 0 fully saturated rings. The lowest BCUT2D eigenvalue weighted by molar-refractivity contribution is -0.274. The van der Waals surface area contributed by atoms with Crippen molar-refractivity contribution in [2.24, 2.45) is 5.41 Å². The van der Waals surface area contributed by atoms with Crippen molar-refractivity contribution in [2.75, 3.05) is 0 Å². The van der Waals surface area contributed by atoms with E-state index in [1.807, 2.05) is 20.8 Å². The fourth-order valence-electron chi connectivity index (χ4n) is 1.53. The third-order valence-electron chi connectivity index (χ3n) is 1.90. The molecule has 1 nitrogen and oxygen atoms in total. The van der Waals surface area contributed by atoms with Gasteiger partial charge < -0.3 is 4.74 Å². The highest BCUT2D eigenvalue weighted by molar-refractivity contribution is 5.30. The highest BCUT2D eigenvalue weighted by atomic mass is 19.4. The van der Waals surface area contributed by atoms with Gasteiger partial charge in [0.15, 0.2) is 0 Å². The molecule has 1 aromatic rings. The zero-order valence-electron chi connectivity index (χ0n) is 9.86. The van der Waals surface area contributed by atoms with Gasteiger partial charge in [-0.15, -0.1) is 13.2 Å². The first kappa shape index (κ1) is 13.8. The summed E-state index contributed by atoms with van der Waals surface area (Å²) in [5, 5.41) is 0. The Morgan fingerprint density at radius 2 is 1.65 bits per heavy atom. The molecule has 0 heterocycles. The van der Waals surface area contributed by atoms with E-state index in [4.69, 9.17) is 0 Å². The molecule has 0 spiro atoms. The fraction of sp³-hybridized carbons (Fsp3) is 0.500. The van der Waals surface area contributed by atoms with Crippen LogP contribution >= 0.6 is 0 Å². The molecular weight excluding hydrogens is 236 g/mol. The molecule has 0 aromatic heterocycles. The maximum atomic E-state index is 13.1. The third kappa shape index (κ3) is 5.56. The minimum absolute atomic E-state index is 0.136. The summed E-state index contributed by atoms with van der Waals surface area (Å²) in [6.45, 7) is 5.76. The van der Waals surface area contributed by atoms with Crippen molar-refractivity contribution in [3.8, 4) is 5.75 Å². The van der Waals surface area contributed by atoms with Crippen LogP contribution in [0.2, 0.25) is 0 Å². The smallest absolute Gasteiger partial charge is 0.406 e. The quantitative estimate of drug-likeness (QED) is 0.710. The lowest BCUT2D eigenvalue weighted by Gasteiger charge is -2.19. The van der Waals surface area contributed by atoms with Crippen LogP contribution in [0.15, 0.2) is 18.2 Å². The van der Waals surface area contributed by atoms with Gasteiger partial charge in [0.25, 0.3) is 0 Å². The zero-order valence-corrected chi connectivity index (χ0v) is 9.86. The average Bonchev–Trinajstić information content (AvgIpc) is 1.93. The molecule has 0 unspecified atom stereocenters. The van der Waals surface area contributed by atoms with E-state index in [0.29, 0.717) is 12.0 Å². The van der Waals surface area contributed by atoms with Crippen molar-refractivity contribution in [3.63, 3.8) is 0 Å². The molecule has 0 aliphatic heterocycles. The second kappa shape index (κ2) is 4.55. The van der Waals surface area contributed by atoms with Crippen LogP contribution in [0.25, 0.3) is 0 Å². The van der Waals surface area contributed by atoms with Gasteiger partial charge in [0.1, 0.15) is 11.6 Å². The normalized spacial score (nSPS) is 12.6. The summed E-state index contributed by atoms with van der Waals surface area (Å²) in [7, 11) is 0. The Morgan fingerprint density at radius 1 is 1.06 bits per heavy atom. The zero-order chi connectivity index (χ0) is 13.3. The summed E-state index contributed by atoms with van der Waals surface area (Å²) < 4.78 is 52.8. The number of benzene rings is 1. The van der Waals surface area contributed by atoms with Gasteiger partial charge in [0.05, 0.1) is 0 Å². The monoisotopic (exact) mass is 250 g/mol. The maximum Gasteiger partial charge on any atom is 0.573 e. The number of halogens is 4. The summed E-state index contributed by atoms with van der Waals surface area (Å²) >= 11 is 0. The first-order chi connectivity index (χ1) is 7.55. The molecule has 96 valence electrons. The van der Waals surface area contributed by atoms with E-state index in [-0.39, 0.29) is 5.41 Å². The minimum Gasteiger partial charge on any atom is -0.406 e. The van der Waals surface area contributed by atoms with Crippen molar-refractivity contribution in [2.45, 2.75) is 33.6 Å². The lowest BCUT2D eigenvalue weighted by atomic mass is 9.88.